The van der Waals surface area contributed by atoms with E-state index in [0.717, 1.165) is 30.2 Å². The highest BCUT2D eigenvalue weighted by molar-refractivity contribution is 5.32. The number of aryl methyl sites for hydroxylation is 3. The smallest absolute Gasteiger partial charge is 0.142 e. The molecule has 0 saturated heterocycles. The molecule has 0 bridgehead atoms. The van der Waals surface area contributed by atoms with Gasteiger partial charge in [-0.05, 0) is 50.6 Å². The zero-order valence-electron chi connectivity index (χ0n) is 13.4. The van der Waals surface area contributed by atoms with Gasteiger partial charge in [0.1, 0.15) is 12.4 Å². The Morgan fingerprint density at radius 2 is 1.90 bits per heavy atom. The number of nitrogens with one attached hydrogen (secondary N) is 1. The van der Waals surface area contributed by atoms with Crippen molar-refractivity contribution >= 4 is 0 Å². The Hall–Kier alpha value is -1.87. The lowest BCUT2D eigenvalue weighted by molar-refractivity contribution is 0.299. The molecule has 0 amide bonds. The summed E-state index contributed by atoms with van der Waals surface area (Å²) in [6.07, 6.45) is 0. The van der Waals surface area contributed by atoms with Crippen LogP contribution in [0, 0.1) is 20.8 Å². The maximum Gasteiger partial charge on any atom is 0.142 e. The molecule has 0 aliphatic carbocycles. The van der Waals surface area contributed by atoms with Crippen LogP contribution in [0.4, 0.5) is 0 Å². The van der Waals surface area contributed by atoms with E-state index in [2.05, 4.69) is 49.3 Å². The third kappa shape index (κ3) is 4.30. The van der Waals surface area contributed by atoms with Gasteiger partial charge in [-0.3, -0.25) is 4.98 Å². The number of pyridine rings is 1. The first-order valence-corrected chi connectivity index (χ1v) is 7.46. The number of hydrogen-bond acceptors (Lipinski definition) is 3. The van der Waals surface area contributed by atoms with Crippen LogP contribution in [0.15, 0.2) is 30.3 Å². The highest BCUT2D eigenvalue weighted by Gasteiger charge is 2.07. The van der Waals surface area contributed by atoms with Crippen LogP contribution in [0.5, 0.6) is 5.75 Å². The van der Waals surface area contributed by atoms with E-state index in [1.54, 1.807) is 0 Å². The standard InChI is InChI=1S/C18H24N2O/c1-5-19-11-17-18(9-8-15(4)20-17)21-12-16-10-13(2)6-7-14(16)3/h6-10,19H,5,11-12H2,1-4H3. The summed E-state index contributed by atoms with van der Waals surface area (Å²) in [5, 5.41) is 3.31. The molecule has 1 aromatic carbocycles. The summed E-state index contributed by atoms with van der Waals surface area (Å²) >= 11 is 0. The molecular weight excluding hydrogens is 260 g/mol. The SMILES string of the molecule is CCNCc1nc(C)ccc1OCc1cc(C)ccc1C. The maximum atomic E-state index is 6.01. The van der Waals surface area contributed by atoms with E-state index in [-0.39, 0.29) is 0 Å². The molecule has 0 aliphatic rings. The molecule has 0 fully saturated rings. The molecule has 1 heterocycles. The Balaban J connectivity index is 2.13. The second-order valence-electron chi connectivity index (χ2n) is 5.40. The summed E-state index contributed by atoms with van der Waals surface area (Å²) in [5.74, 6) is 0.863. The van der Waals surface area contributed by atoms with Crippen LogP contribution in [-0.4, -0.2) is 11.5 Å². The van der Waals surface area contributed by atoms with Crippen molar-refractivity contribution in [2.75, 3.05) is 6.54 Å². The Bertz CT molecular complexity index is 608. The fraction of sp³-hybridized carbons (Fsp3) is 0.389. The van der Waals surface area contributed by atoms with Gasteiger partial charge in [-0.2, -0.15) is 0 Å². The first kappa shape index (κ1) is 15.5. The summed E-state index contributed by atoms with van der Waals surface area (Å²) in [7, 11) is 0. The van der Waals surface area contributed by atoms with Gasteiger partial charge in [-0.25, -0.2) is 0 Å². The van der Waals surface area contributed by atoms with E-state index in [1.165, 1.54) is 16.7 Å². The number of benzene rings is 1. The van der Waals surface area contributed by atoms with E-state index < -0.39 is 0 Å². The first-order valence-electron chi connectivity index (χ1n) is 7.46. The largest absolute Gasteiger partial charge is 0.487 e. The topological polar surface area (TPSA) is 34.2 Å². The van der Waals surface area contributed by atoms with Gasteiger partial charge < -0.3 is 10.1 Å². The van der Waals surface area contributed by atoms with Crippen LogP contribution in [0.2, 0.25) is 0 Å². The second-order valence-corrected chi connectivity index (χ2v) is 5.40. The fourth-order valence-electron chi connectivity index (χ4n) is 2.21. The first-order chi connectivity index (χ1) is 10.1. The number of aromatic nitrogens is 1. The molecule has 0 radical (unpaired) electrons. The third-order valence-electron chi connectivity index (χ3n) is 3.50. The molecule has 21 heavy (non-hydrogen) atoms. The van der Waals surface area contributed by atoms with E-state index in [9.17, 15) is 0 Å². The molecule has 0 spiro atoms. The monoisotopic (exact) mass is 284 g/mol. The van der Waals surface area contributed by atoms with Crippen molar-refractivity contribution in [3.05, 3.63) is 58.4 Å². The molecule has 112 valence electrons. The van der Waals surface area contributed by atoms with Gasteiger partial charge in [-0.15, -0.1) is 0 Å². The third-order valence-corrected chi connectivity index (χ3v) is 3.50. The minimum absolute atomic E-state index is 0.581. The number of ether oxygens (including phenoxy) is 1. The zero-order chi connectivity index (χ0) is 15.2. The lowest BCUT2D eigenvalue weighted by Gasteiger charge is -2.13. The lowest BCUT2D eigenvalue weighted by Crippen LogP contribution is -2.14. The van der Waals surface area contributed by atoms with Gasteiger partial charge in [-0.1, -0.05) is 30.7 Å². The fourth-order valence-corrected chi connectivity index (χ4v) is 2.21. The van der Waals surface area contributed by atoms with E-state index >= 15 is 0 Å². The number of rotatable bonds is 6. The molecule has 0 aliphatic heterocycles. The van der Waals surface area contributed by atoms with Crippen molar-refractivity contribution in [1.82, 2.24) is 10.3 Å². The molecule has 2 rings (SSSR count). The highest BCUT2D eigenvalue weighted by atomic mass is 16.5. The van der Waals surface area contributed by atoms with E-state index in [4.69, 9.17) is 4.74 Å². The van der Waals surface area contributed by atoms with Gasteiger partial charge in [0, 0.05) is 12.2 Å². The van der Waals surface area contributed by atoms with Crippen molar-refractivity contribution in [2.24, 2.45) is 0 Å². The minimum Gasteiger partial charge on any atom is -0.487 e. The highest BCUT2D eigenvalue weighted by Crippen LogP contribution is 2.20. The van der Waals surface area contributed by atoms with Crippen LogP contribution < -0.4 is 10.1 Å². The van der Waals surface area contributed by atoms with Crippen molar-refractivity contribution in [1.29, 1.82) is 0 Å². The number of nitrogens with zero attached hydrogens (tertiary/aromatic N) is 1. The lowest BCUT2D eigenvalue weighted by atomic mass is 10.1. The molecule has 1 N–H and O–H groups in total. The van der Waals surface area contributed by atoms with Gasteiger partial charge in [0.05, 0.1) is 5.69 Å². The normalized spacial score (nSPS) is 10.7. The molecular formula is C18H24N2O. The molecule has 0 atom stereocenters. The molecule has 3 heteroatoms. The molecule has 3 nitrogen and oxygen atoms in total. The van der Waals surface area contributed by atoms with E-state index in [0.29, 0.717) is 6.61 Å². The quantitative estimate of drug-likeness (QED) is 0.878. The molecule has 2 aromatic rings. The van der Waals surface area contributed by atoms with Gasteiger partial charge in [0.15, 0.2) is 0 Å². The van der Waals surface area contributed by atoms with Crippen LogP contribution in [0.3, 0.4) is 0 Å². The Kier molecular flexibility index (Phi) is 5.34. The van der Waals surface area contributed by atoms with Gasteiger partial charge in [0.2, 0.25) is 0 Å². The Morgan fingerprint density at radius 3 is 2.67 bits per heavy atom. The van der Waals surface area contributed by atoms with Crippen molar-refractivity contribution in [3.63, 3.8) is 0 Å². The predicted molar refractivity (Wildman–Crippen MR) is 86.6 cm³/mol. The van der Waals surface area contributed by atoms with Gasteiger partial charge >= 0.3 is 0 Å². The zero-order valence-corrected chi connectivity index (χ0v) is 13.4. The van der Waals surface area contributed by atoms with Crippen LogP contribution in [0.25, 0.3) is 0 Å². The van der Waals surface area contributed by atoms with Crippen molar-refractivity contribution in [2.45, 2.75) is 40.8 Å². The number of hydrogen-bond donors (Lipinski definition) is 1. The summed E-state index contributed by atoms with van der Waals surface area (Å²) < 4.78 is 6.01. The Morgan fingerprint density at radius 1 is 1.10 bits per heavy atom. The van der Waals surface area contributed by atoms with Crippen molar-refractivity contribution in [3.8, 4) is 5.75 Å². The summed E-state index contributed by atoms with van der Waals surface area (Å²) in [4.78, 5) is 4.58. The van der Waals surface area contributed by atoms with Crippen LogP contribution in [-0.2, 0) is 13.2 Å². The van der Waals surface area contributed by atoms with Crippen LogP contribution >= 0.6 is 0 Å². The van der Waals surface area contributed by atoms with Gasteiger partial charge in [0.25, 0.3) is 0 Å². The summed E-state index contributed by atoms with van der Waals surface area (Å²) in [6, 6.07) is 10.5. The second kappa shape index (κ2) is 7.23. The summed E-state index contributed by atoms with van der Waals surface area (Å²) in [6.45, 7) is 10.6. The van der Waals surface area contributed by atoms with Crippen molar-refractivity contribution < 1.29 is 4.74 Å². The van der Waals surface area contributed by atoms with Crippen LogP contribution in [0.1, 0.15) is 35.0 Å². The predicted octanol–water partition coefficient (Wildman–Crippen LogP) is 3.70. The maximum absolute atomic E-state index is 6.01. The van der Waals surface area contributed by atoms with E-state index in [1.807, 2.05) is 19.1 Å². The average Bonchev–Trinajstić information content (AvgIpc) is 2.47. The molecule has 0 saturated carbocycles. The minimum atomic E-state index is 0.581. The molecule has 1 aromatic heterocycles. The molecule has 0 unspecified atom stereocenters. The average molecular weight is 284 g/mol. The summed E-state index contributed by atoms with van der Waals surface area (Å²) in [5.41, 5.74) is 5.73. The Labute approximate surface area is 127 Å².